The van der Waals surface area contributed by atoms with E-state index in [4.69, 9.17) is 14.2 Å². The van der Waals surface area contributed by atoms with Crippen molar-refractivity contribution < 1.29 is 28.6 Å². The standard InChI is InChI=1S/C60H104O6/c1-4-7-10-13-16-19-22-25-27-29-31-32-35-38-41-44-47-50-53-59(62)65-56-57(55-64-58(61)52-49-46-43-40-37-34-24-21-18-15-12-9-6-3)66-60(63)54-51-48-45-42-39-36-33-30-28-26-23-20-17-14-11-8-5-2/h9,12,15,18,21,24,27,29,31-32,34,37,57H,4-8,10-11,13-14,16-17,19-20,22-23,25-26,28,30,33,35-36,38-56H2,1-3H3/b12-9+,18-15+,24-21+,29-27+,32-31+,37-34+. The molecule has 0 rings (SSSR count). The molecule has 0 aromatic rings. The lowest BCUT2D eigenvalue weighted by molar-refractivity contribution is -0.167. The molecule has 0 spiro atoms. The number of esters is 3. The van der Waals surface area contributed by atoms with E-state index in [0.717, 1.165) is 89.9 Å². The monoisotopic (exact) mass is 921 g/mol. The minimum Gasteiger partial charge on any atom is -0.462 e. The van der Waals surface area contributed by atoms with Crippen LogP contribution in [-0.2, 0) is 28.6 Å². The van der Waals surface area contributed by atoms with Crippen molar-refractivity contribution in [1.82, 2.24) is 0 Å². The highest BCUT2D eigenvalue weighted by atomic mass is 16.6. The molecule has 0 fully saturated rings. The van der Waals surface area contributed by atoms with Crippen LogP contribution in [-0.4, -0.2) is 37.2 Å². The number of carbonyl (C=O) groups is 3. The fraction of sp³-hybridized carbons (Fsp3) is 0.750. The highest BCUT2D eigenvalue weighted by Gasteiger charge is 2.19. The zero-order valence-corrected chi connectivity index (χ0v) is 43.4. The lowest BCUT2D eigenvalue weighted by Crippen LogP contribution is -2.30. The summed E-state index contributed by atoms with van der Waals surface area (Å²) in [5.74, 6) is -0.940. The maximum Gasteiger partial charge on any atom is 0.306 e. The van der Waals surface area contributed by atoms with E-state index in [9.17, 15) is 14.4 Å². The molecule has 0 aromatic carbocycles. The molecule has 66 heavy (non-hydrogen) atoms. The van der Waals surface area contributed by atoms with Crippen LogP contribution in [0.15, 0.2) is 72.9 Å². The normalized spacial score (nSPS) is 12.6. The number of hydrogen-bond donors (Lipinski definition) is 0. The van der Waals surface area contributed by atoms with E-state index >= 15 is 0 Å². The highest BCUT2D eigenvalue weighted by molar-refractivity contribution is 5.71. The predicted molar refractivity (Wildman–Crippen MR) is 284 cm³/mol. The summed E-state index contributed by atoms with van der Waals surface area (Å²) in [5, 5.41) is 0. The smallest absolute Gasteiger partial charge is 0.306 e. The van der Waals surface area contributed by atoms with Crippen molar-refractivity contribution in [3.05, 3.63) is 72.9 Å². The van der Waals surface area contributed by atoms with Crippen LogP contribution in [0, 0.1) is 0 Å². The van der Waals surface area contributed by atoms with Gasteiger partial charge in [0.25, 0.3) is 0 Å². The van der Waals surface area contributed by atoms with Crippen molar-refractivity contribution in [2.45, 2.75) is 277 Å². The first-order valence-corrected chi connectivity index (χ1v) is 28.0. The summed E-state index contributed by atoms with van der Waals surface area (Å²) in [6, 6.07) is 0. The molecule has 0 heterocycles. The largest absolute Gasteiger partial charge is 0.462 e. The van der Waals surface area contributed by atoms with E-state index in [2.05, 4.69) is 63.3 Å². The molecule has 0 radical (unpaired) electrons. The Balaban J connectivity index is 4.42. The summed E-state index contributed by atoms with van der Waals surface area (Å²) in [4.78, 5) is 38.1. The maximum absolute atomic E-state index is 12.8. The van der Waals surface area contributed by atoms with Gasteiger partial charge in [0.1, 0.15) is 13.2 Å². The van der Waals surface area contributed by atoms with E-state index in [1.807, 2.05) is 30.4 Å². The number of rotatable bonds is 50. The Morgan fingerprint density at radius 1 is 0.318 bits per heavy atom. The first-order valence-electron chi connectivity index (χ1n) is 28.0. The molecule has 0 saturated heterocycles. The Morgan fingerprint density at radius 2 is 0.591 bits per heavy atom. The van der Waals surface area contributed by atoms with Crippen molar-refractivity contribution in [1.29, 1.82) is 0 Å². The van der Waals surface area contributed by atoms with Gasteiger partial charge in [-0.05, 0) is 64.2 Å². The third-order valence-electron chi connectivity index (χ3n) is 12.1. The van der Waals surface area contributed by atoms with Gasteiger partial charge in [-0.1, -0.05) is 261 Å². The molecule has 0 N–H and O–H groups in total. The van der Waals surface area contributed by atoms with Crippen LogP contribution in [0.2, 0.25) is 0 Å². The van der Waals surface area contributed by atoms with Crippen molar-refractivity contribution in [2.24, 2.45) is 0 Å². The molecule has 0 saturated carbocycles. The average molecular weight is 921 g/mol. The van der Waals surface area contributed by atoms with Crippen LogP contribution in [0.4, 0.5) is 0 Å². The number of hydrogen-bond acceptors (Lipinski definition) is 6. The van der Waals surface area contributed by atoms with Gasteiger partial charge in [-0.2, -0.15) is 0 Å². The SMILES string of the molecule is CC/C=C/C=C/C=C/C=C/CCCCCC(=O)OCC(COC(=O)CCCCCCC/C=C/C=C/CCCCCCCCC)OC(=O)CCCCCCCCCCCCCCCCCCC. The van der Waals surface area contributed by atoms with Gasteiger partial charge in [-0.15, -0.1) is 0 Å². The Kier molecular flexibility index (Phi) is 51.9. The molecule has 6 heteroatoms. The fourth-order valence-electron chi connectivity index (χ4n) is 7.86. The molecule has 0 aromatic heterocycles. The van der Waals surface area contributed by atoms with Crippen LogP contribution >= 0.6 is 0 Å². The summed E-state index contributed by atoms with van der Waals surface area (Å²) in [6.07, 6.45) is 68.9. The van der Waals surface area contributed by atoms with Gasteiger partial charge in [-0.3, -0.25) is 14.4 Å². The zero-order chi connectivity index (χ0) is 47.9. The van der Waals surface area contributed by atoms with E-state index < -0.39 is 6.10 Å². The molecule has 0 aliphatic rings. The van der Waals surface area contributed by atoms with Crippen molar-refractivity contribution in [3.63, 3.8) is 0 Å². The molecular formula is C60H104O6. The van der Waals surface area contributed by atoms with Gasteiger partial charge < -0.3 is 14.2 Å². The number of carbonyl (C=O) groups excluding carboxylic acids is 3. The molecule has 1 atom stereocenters. The topological polar surface area (TPSA) is 78.9 Å². The van der Waals surface area contributed by atoms with Crippen LogP contribution in [0.1, 0.15) is 271 Å². The van der Waals surface area contributed by atoms with E-state index in [-0.39, 0.29) is 31.1 Å². The second kappa shape index (κ2) is 54.5. The molecular weight excluding hydrogens is 817 g/mol. The van der Waals surface area contributed by atoms with Gasteiger partial charge in [0.2, 0.25) is 0 Å². The van der Waals surface area contributed by atoms with Gasteiger partial charge >= 0.3 is 17.9 Å². The first kappa shape index (κ1) is 62.8. The molecule has 0 aliphatic carbocycles. The van der Waals surface area contributed by atoms with Gasteiger partial charge in [-0.25, -0.2) is 0 Å². The quantitative estimate of drug-likeness (QED) is 0.0262. The number of unbranched alkanes of at least 4 members (excludes halogenated alkanes) is 31. The second-order valence-corrected chi connectivity index (χ2v) is 18.6. The summed E-state index contributed by atoms with van der Waals surface area (Å²) in [5.41, 5.74) is 0. The summed E-state index contributed by atoms with van der Waals surface area (Å²) in [7, 11) is 0. The Bertz CT molecular complexity index is 1240. The van der Waals surface area contributed by atoms with Gasteiger partial charge in [0.15, 0.2) is 6.10 Å². The minimum absolute atomic E-state index is 0.0945. The van der Waals surface area contributed by atoms with Crippen molar-refractivity contribution in [2.75, 3.05) is 13.2 Å². The van der Waals surface area contributed by atoms with Crippen molar-refractivity contribution in [3.8, 4) is 0 Å². The van der Waals surface area contributed by atoms with E-state index in [1.54, 1.807) is 0 Å². The molecule has 0 bridgehead atoms. The van der Waals surface area contributed by atoms with Crippen molar-refractivity contribution >= 4 is 17.9 Å². The molecule has 1 unspecified atom stereocenters. The molecule has 0 amide bonds. The molecule has 380 valence electrons. The summed E-state index contributed by atoms with van der Waals surface area (Å²) < 4.78 is 16.8. The molecule has 0 aliphatic heterocycles. The third kappa shape index (κ3) is 51.8. The predicted octanol–water partition coefficient (Wildman–Crippen LogP) is 18.6. The summed E-state index contributed by atoms with van der Waals surface area (Å²) >= 11 is 0. The minimum atomic E-state index is -0.796. The number of allylic oxidation sites excluding steroid dienone is 12. The lowest BCUT2D eigenvalue weighted by atomic mass is 10.0. The number of ether oxygens (including phenoxy) is 3. The average Bonchev–Trinajstić information content (AvgIpc) is 3.31. The summed E-state index contributed by atoms with van der Waals surface area (Å²) in [6.45, 7) is 6.47. The Labute approximate surface area is 408 Å². The van der Waals surface area contributed by atoms with Gasteiger partial charge in [0.05, 0.1) is 0 Å². The first-order chi connectivity index (χ1) is 32.5. The van der Waals surface area contributed by atoms with Gasteiger partial charge in [0, 0.05) is 19.3 Å². The maximum atomic E-state index is 12.8. The zero-order valence-electron chi connectivity index (χ0n) is 43.4. The van der Waals surface area contributed by atoms with Crippen LogP contribution in [0.3, 0.4) is 0 Å². The molecule has 6 nitrogen and oxygen atoms in total. The van der Waals surface area contributed by atoms with Crippen LogP contribution in [0.5, 0.6) is 0 Å². The van der Waals surface area contributed by atoms with Crippen LogP contribution in [0.25, 0.3) is 0 Å². The third-order valence-corrected chi connectivity index (χ3v) is 12.1. The Morgan fingerprint density at radius 3 is 0.955 bits per heavy atom. The second-order valence-electron chi connectivity index (χ2n) is 18.6. The van der Waals surface area contributed by atoms with E-state index in [1.165, 1.54) is 141 Å². The fourth-order valence-corrected chi connectivity index (χ4v) is 7.86. The van der Waals surface area contributed by atoms with E-state index in [0.29, 0.717) is 19.3 Å². The van der Waals surface area contributed by atoms with Crippen LogP contribution < -0.4 is 0 Å². The Hall–Kier alpha value is -3.15. The lowest BCUT2D eigenvalue weighted by Gasteiger charge is -2.18. The highest BCUT2D eigenvalue weighted by Crippen LogP contribution is 2.16.